The summed E-state index contributed by atoms with van der Waals surface area (Å²) in [5.41, 5.74) is 0.519. The van der Waals surface area contributed by atoms with Gasteiger partial charge in [-0.15, -0.1) is 0 Å². The number of hydrogen-bond acceptors (Lipinski definition) is 6. The van der Waals surface area contributed by atoms with Gasteiger partial charge in [0.15, 0.2) is 0 Å². The maximum atomic E-state index is 13.3. The predicted octanol–water partition coefficient (Wildman–Crippen LogP) is 0.982. The quantitative estimate of drug-likeness (QED) is 0.699. The SMILES string of the molecule is COC(=O)CN(CC(=O)OC)Cc1cc(F)ccc1OC. The van der Waals surface area contributed by atoms with Crippen molar-refractivity contribution in [3.63, 3.8) is 0 Å². The smallest absolute Gasteiger partial charge is 0.319 e. The zero-order valence-corrected chi connectivity index (χ0v) is 12.2. The summed E-state index contributed by atoms with van der Waals surface area (Å²) >= 11 is 0. The van der Waals surface area contributed by atoms with Gasteiger partial charge < -0.3 is 14.2 Å². The summed E-state index contributed by atoms with van der Waals surface area (Å²) in [5, 5.41) is 0. The van der Waals surface area contributed by atoms with Crippen LogP contribution in [0.4, 0.5) is 4.39 Å². The topological polar surface area (TPSA) is 65.1 Å². The van der Waals surface area contributed by atoms with Gasteiger partial charge in [0, 0.05) is 12.1 Å². The number of esters is 2. The van der Waals surface area contributed by atoms with E-state index in [1.54, 1.807) is 0 Å². The summed E-state index contributed by atoms with van der Waals surface area (Å²) in [6.07, 6.45) is 0. The third-order valence-corrected chi connectivity index (χ3v) is 2.80. The second-order valence-corrected chi connectivity index (χ2v) is 4.25. The molecule has 0 N–H and O–H groups in total. The van der Waals surface area contributed by atoms with Crippen molar-refractivity contribution in [2.45, 2.75) is 6.54 Å². The van der Waals surface area contributed by atoms with Crippen molar-refractivity contribution in [1.82, 2.24) is 4.90 Å². The number of benzene rings is 1. The van der Waals surface area contributed by atoms with Crippen molar-refractivity contribution in [3.05, 3.63) is 29.6 Å². The van der Waals surface area contributed by atoms with Crippen LogP contribution in [0, 0.1) is 5.82 Å². The van der Waals surface area contributed by atoms with E-state index in [2.05, 4.69) is 9.47 Å². The van der Waals surface area contributed by atoms with E-state index in [1.807, 2.05) is 0 Å². The Kier molecular flexibility index (Phi) is 6.61. The normalized spacial score (nSPS) is 10.3. The largest absolute Gasteiger partial charge is 0.496 e. The maximum Gasteiger partial charge on any atom is 0.319 e. The lowest BCUT2D eigenvalue weighted by Crippen LogP contribution is -2.35. The predicted molar refractivity (Wildman–Crippen MR) is 72.3 cm³/mol. The Morgan fingerprint density at radius 2 is 1.67 bits per heavy atom. The fraction of sp³-hybridized carbons (Fsp3) is 0.429. The molecule has 116 valence electrons. The zero-order chi connectivity index (χ0) is 15.8. The number of rotatable bonds is 7. The van der Waals surface area contributed by atoms with Crippen LogP contribution in [0.15, 0.2) is 18.2 Å². The molecular weight excluding hydrogens is 281 g/mol. The van der Waals surface area contributed by atoms with Crippen LogP contribution in [-0.4, -0.2) is 51.3 Å². The van der Waals surface area contributed by atoms with Crippen LogP contribution in [-0.2, 0) is 25.6 Å². The van der Waals surface area contributed by atoms with Crippen LogP contribution in [0.2, 0.25) is 0 Å². The molecule has 0 saturated carbocycles. The van der Waals surface area contributed by atoms with E-state index < -0.39 is 17.8 Å². The Morgan fingerprint density at radius 3 is 2.14 bits per heavy atom. The fourth-order valence-electron chi connectivity index (χ4n) is 1.77. The molecule has 0 unspecified atom stereocenters. The Labute approximate surface area is 122 Å². The molecule has 0 amide bonds. The molecule has 7 heteroatoms. The monoisotopic (exact) mass is 299 g/mol. The molecule has 1 aromatic rings. The van der Waals surface area contributed by atoms with E-state index in [0.29, 0.717) is 11.3 Å². The van der Waals surface area contributed by atoms with Crippen LogP contribution in [0.25, 0.3) is 0 Å². The minimum Gasteiger partial charge on any atom is -0.496 e. The van der Waals surface area contributed by atoms with Gasteiger partial charge in [0.2, 0.25) is 0 Å². The van der Waals surface area contributed by atoms with Gasteiger partial charge >= 0.3 is 11.9 Å². The van der Waals surface area contributed by atoms with E-state index in [4.69, 9.17) is 4.74 Å². The molecule has 6 nitrogen and oxygen atoms in total. The summed E-state index contributed by atoms with van der Waals surface area (Å²) in [7, 11) is 3.96. The van der Waals surface area contributed by atoms with Crippen LogP contribution < -0.4 is 4.74 Å². The molecular formula is C14H18FNO5. The second kappa shape index (κ2) is 8.21. The molecule has 0 spiro atoms. The Bertz CT molecular complexity index is 488. The first kappa shape index (κ1) is 16.9. The number of methoxy groups -OCH3 is 3. The molecule has 0 fully saturated rings. The Morgan fingerprint density at radius 1 is 1.10 bits per heavy atom. The minimum absolute atomic E-state index is 0.120. The first-order chi connectivity index (χ1) is 9.99. The van der Waals surface area contributed by atoms with Crippen LogP contribution in [0.5, 0.6) is 5.75 Å². The van der Waals surface area contributed by atoms with Crippen molar-refractivity contribution in [1.29, 1.82) is 0 Å². The first-order valence-electron chi connectivity index (χ1n) is 6.18. The van der Waals surface area contributed by atoms with Crippen molar-refractivity contribution < 1.29 is 28.2 Å². The summed E-state index contributed by atoms with van der Waals surface area (Å²) in [6, 6.07) is 4.05. The van der Waals surface area contributed by atoms with Crippen LogP contribution >= 0.6 is 0 Å². The molecule has 0 aromatic heterocycles. The van der Waals surface area contributed by atoms with Gasteiger partial charge in [-0.2, -0.15) is 0 Å². The van der Waals surface area contributed by atoms with E-state index in [9.17, 15) is 14.0 Å². The summed E-state index contributed by atoms with van der Waals surface area (Å²) in [5.74, 6) is -0.971. The average molecular weight is 299 g/mol. The number of hydrogen-bond donors (Lipinski definition) is 0. The maximum absolute atomic E-state index is 13.3. The lowest BCUT2D eigenvalue weighted by atomic mass is 10.1. The lowest BCUT2D eigenvalue weighted by molar-refractivity contribution is -0.145. The van der Waals surface area contributed by atoms with E-state index in [-0.39, 0.29) is 19.6 Å². The molecule has 21 heavy (non-hydrogen) atoms. The zero-order valence-electron chi connectivity index (χ0n) is 12.2. The highest BCUT2D eigenvalue weighted by Gasteiger charge is 2.18. The molecule has 1 aromatic carbocycles. The highest BCUT2D eigenvalue weighted by molar-refractivity contribution is 5.74. The molecule has 0 saturated heterocycles. The number of ether oxygens (including phenoxy) is 3. The Balaban J connectivity index is 2.91. The van der Waals surface area contributed by atoms with E-state index in [0.717, 1.165) is 0 Å². The number of nitrogens with zero attached hydrogens (tertiary/aromatic N) is 1. The van der Waals surface area contributed by atoms with Gasteiger partial charge in [0.1, 0.15) is 11.6 Å². The molecule has 0 radical (unpaired) electrons. The second-order valence-electron chi connectivity index (χ2n) is 4.25. The summed E-state index contributed by atoms with van der Waals surface area (Å²) in [4.78, 5) is 24.2. The van der Waals surface area contributed by atoms with Gasteiger partial charge in [-0.25, -0.2) is 4.39 Å². The molecule has 0 aliphatic heterocycles. The van der Waals surface area contributed by atoms with Crippen molar-refractivity contribution in [3.8, 4) is 5.75 Å². The minimum atomic E-state index is -0.505. The van der Waals surface area contributed by atoms with E-state index in [1.165, 1.54) is 44.4 Å². The van der Waals surface area contributed by atoms with Crippen LogP contribution in [0.1, 0.15) is 5.56 Å². The standard InChI is InChI=1S/C14H18FNO5/c1-19-12-5-4-11(15)6-10(12)7-16(8-13(17)20-2)9-14(18)21-3/h4-6H,7-9H2,1-3H3. The van der Waals surface area contributed by atoms with Crippen molar-refractivity contribution in [2.24, 2.45) is 0 Å². The number of carbonyl (C=O) groups excluding carboxylic acids is 2. The number of halogens is 1. The lowest BCUT2D eigenvalue weighted by Gasteiger charge is -2.21. The number of carbonyl (C=O) groups is 2. The summed E-state index contributed by atoms with van der Waals surface area (Å²) in [6.45, 7) is -0.0956. The van der Waals surface area contributed by atoms with Gasteiger partial charge in [0.25, 0.3) is 0 Å². The first-order valence-corrected chi connectivity index (χ1v) is 6.18. The van der Waals surface area contributed by atoms with Crippen molar-refractivity contribution >= 4 is 11.9 Å². The third kappa shape index (κ3) is 5.39. The van der Waals surface area contributed by atoms with Crippen LogP contribution in [0.3, 0.4) is 0 Å². The molecule has 0 aliphatic carbocycles. The highest BCUT2D eigenvalue weighted by Crippen LogP contribution is 2.21. The van der Waals surface area contributed by atoms with Gasteiger partial charge in [-0.3, -0.25) is 14.5 Å². The molecule has 0 heterocycles. The summed E-state index contributed by atoms with van der Waals surface area (Å²) < 4.78 is 27.6. The van der Waals surface area contributed by atoms with Gasteiger partial charge in [0.05, 0.1) is 34.4 Å². The molecule has 1 rings (SSSR count). The molecule has 0 aliphatic rings. The average Bonchev–Trinajstić information content (AvgIpc) is 2.47. The third-order valence-electron chi connectivity index (χ3n) is 2.80. The van der Waals surface area contributed by atoms with Crippen molar-refractivity contribution in [2.75, 3.05) is 34.4 Å². The highest BCUT2D eigenvalue weighted by atomic mass is 19.1. The fourth-order valence-corrected chi connectivity index (χ4v) is 1.77. The van der Waals surface area contributed by atoms with Gasteiger partial charge in [-0.1, -0.05) is 0 Å². The molecule has 0 atom stereocenters. The van der Waals surface area contributed by atoms with Gasteiger partial charge in [-0.05, 0) is 18.2 Å². The Hall–Kier alpha value is -2.15. The van der Waals surface area contributed by atoms with E-state index >= 15 is 0 Å². The molecule has 0 bridgehead atoms.